The van der Waals surface area contributed by atoms with E-state index in [9.17, 15) is 22.0 Å². The Morgan fingerprint density at radius 1 is 1.11 bits per heavy atom. The van der Waals surface area contributed by atoms with Crippen LogP contribution in [0, 0.1) is 24.5 Å². The van der Waals surface area contributed by atoms with Gasteiger partial charge in [0.2, 0.25) is 15.9 Å². The molecule has 0 radical (unpaired) electrons. The van der Waals surface area contributed by atoms with Crippen molar-refractivity contribution >= 4 is 54.2 Å². The van der Waals surface area contributed by atoms with Crippen molar-refractivity contribution in [3.05, 3.63) is 88.4 Å². The molecule has 1 saturated heterocycles. The molecule has 2 heterocycles. The first-order chi connectivity index (χ1) is 18.1. The molecule has 38 heavy (non-hydrogen) atoms. The number of fused-ring (bicyclic) bond motifs is 1. The van der Waals surface area contributed by atoms with E-state index in [2.05, 4.69) is 0 Å². The van der Waals surface area contributed by atoms with Crippen LogP contribution in [0.5, 0.6) is 0 Å². The monoisotopic (exact) mass is 575 g/mol. The van der Waals surface area contributed by atoms with Gasteiger partial charge in [-0.25, -0.2) is 22.2 Å². The van der Waals surface area contributed by atoms with Gasteiger partial charge >= 0.3 is 0 Å². The molecule has 4 aromatic rings. The van der Waals surface area contributed by atoms with Crippen molar-refractivity contribution < 1.29 is 22.0 Å². The van der Waals surface area contributed by atoms with E-state index in [1.807, 2.05) is 49.4 Å². The highest BCUT2D eigenvalue weighted by molar-refractivity contribution is 7.89. The number of benzene rings is 3. The summed E-state index contributed by atoms with van der Waals surface area (Å²) >= 11 is 7.69. The van der Waals surface area contributed by atoms with Gasteiger partial charge in [0, 0.05) is 30.1 Å². The number of piperidine rings is 1. The smallest absolute Gasteiger partial charge is 0.245 e. The lowest BCUT2D eigenvalue weighted by Gasteiger charge is -2.33. The molecule has 198 valence electrons. The van der Waals surface area contributed by atoms with Gasteiger partial charge in [-0.2, -0.15) is 4.31 Å². The molecule has 0 bridgehead atoms. The molecule has 1 amide bonds. The third kappa shape index (κ3) is 5.18. The van der Waals surface area contributed by atoms with Crippen molar-refractivity contribution in [2.24, 2.45) is 5.92 Å². The van der Waals surface area contributed by atoms with E-state index in [-0.39, 0.29) is 31.8 Å². The number of hydrogen-bond donors (Lipinski definition) is 0. The Kier molecular flexibility index (Phi) is 7.50. The second-order valence-corrected chi connectivity index (χ2v) is 12.5. The lowest BCUT2D eigenvalue weighted by atomic mass is 9.96. The molecule has 5 rings (SSSR count). The summed E-state index contributed by atoms with van der Waals surface area (Å²) in [6.07, 6.45) is 0.532. The summed E-state index contributed by atoms with van der Waals surface area (Å²) in [6, 6.07) is 15.7. The number of rotatable bonds is 6. The summed E-state index contributed by atoms with van der Waals surface area (Å²) in [5, 5.41) is 1.14. The molecular formula is C27H24ClF2N3O3S2. The second-order valence-electron chi connectivity index (χ2n) is 9.18. The van der Waals surface area contributed by atoms with Crippen LogP contribution in [0.1, 0.15) is 24.0 Å². The van der Waals surface area contributed by atoms with Crippen LogP contribution in [0.15, 0.2) is 65.6 Å². The van der Waals surface area contributed by atoms with Gasteiger partial charge in [0.1, 0.15) is 16.5 Å². The highest BCUT2D eigenvalue weighted by Crippen LogP contribution is 2.36. The molecule has 0 aliphatic carbocycles. The summed E-state index contributed by atoms with van der Waals surface area (Å²) in [5.41, 5.74) is 2.51. The van der Waals surface area contributed by atoms with E-state index < -0.39 is 32.5 Å². The molecule has 1 fully saturated rings. The van der Waals surface area contributed by atoms with Crippen molar-refractivity contribution in [2.45, 2.75) is 31.2 Å². The minimum Gasteiger partial charge on any atom is -0.283 e. The van der Waals surface area contributed by atoms with E-state index in [1.165, 1.54) is 11.3 Å². The largest absolute Gasteiger partial charge is 0.283 e. The number of thiazole rings is 1. The fraction of sp³-hybridized carbons (Fsp3) is 0.259. The zero-order chi connectivity index (χ0) is 27.0. The van der Waals surface area contributed by atoms with Crippen LogP contribution in [-0.4, -0.2) is 36.7 Å². The molecule has 6 nitrogen and oxygen atoms in total. The number of hydrogen-bond acceptors (Lipinski definition) is 5. The zero-order valence-electron chi connectivity index (χ0n) is 20.4. The second kappa shape index (κ2) is 10.7. The van der Waals surface area contributed by atoms with Gasteiger partial charge in [-0.1, -0.05) is 53.3 Å². The predicted molar refractivity (Wildman–Crippen MR) is 145 cm³/mol. The predicted octanol–water partition coefficient (Wildman–Crippen LogP) is 6.17. The van der Waals surface area contributed by atoms with Crippen LogP contribution in [-0.2, 0) is 21.4 Å². The average molecular weight is 576 g/mol. The maximum absolute atomic E-state index is 14.2. The summed E-state index contributed by atoms with van der Waals surface area (Å²) < 4.78 is 55.6. The Balaban J connectivity index is 1.39. The van der Waals surface area contributed by atoms with Gasteiger partial charge in [0.25, 0.3) is 0 Å². The summed E-state index contributed by atoms with van der Waals surface area (Å²) in [7, 11) is -4.16. The van der Waals surface area contributed by atoms with Crippen molar-refractivity contribution in [1.82, 2.24) is 9.29 Å². The van der Waals surface area contributed by atoms with Gasteiger partial charge in [-0.3, -0.25) is 9.69 Å². The van der Waals surface area contributed by atoms with E-state index in [0.29, 0.717) is 22.8 Å². The van der Waals surface area contributed by atoms with E-state index >= 15 is 0 Å². The molecule has 0 spiro atoms. The summed E-state index contributed by atoms with van der Waals surface area (Å²) in [6.45, 7) is 2.29. The van der Waals surface area contributed by atoms with Crippen LogP contribution >= 0.6 is 22.9 Å². The minimum atomic E-state index is -4.16. The van der Waals surface area contributed by atoms with Crippen LogP contribution in [0.25, 0.3) is 10.2 Å². The minimum absolute atomic E-state index is 0.0449. The molecule has 11 heteroatoms. The molecule has 0 saturated carbocycles. The number of halogens is 3. The maximum atomic E-state index is 14.2. The first kappa shape index (κ1) is 26.7. The number of anilines is 1. The molecule has 0 unspecified atom stereocenters. The summed E-state index contributed by atoms with van der Waals surface area (Å²) in [4.78, 5) is 19.7. The molecule has 0 N–H and O–H groups in total. The Morgan fingerprint density at radius 2 is 1.82 bits per heavy atom. The molecule has 1 aliphatic heterocycles. The Bertz CT molecular complexity index is 1600. The van der Waals surface area contributed by atoms with Crippen molar-refractivity contribution in [2.75, 3.05) is 18.0 Å². The third-order valence-corrected chi connectivity index (χ3v) is 10.1. The SMILES string of the molecule is Cc1c(Cl)ccc2sc(N(Cc3ccccc3)C(=O)C3CCN(S(=O)(=O)c4ccc(F)cc4F)CC3)nc12. The van der Waals surface area contributed by atoms with Crippen LogP contribution in [0.4, 0.5) is 13.9 Å². The number of amides is 1. The fourth-order valence-corrected chi connectivity index (χ4v) is 7.29. The first-order valence-corrected chi connectivity index (χ1v) is 14.6. The van der Waals surface area contributed by atoms with Gasteiger partial charge < -0.3 is 0 Å². The fourth-order valence-electron chi connectivity index (χ4n) is 4.60. The van der Waals surface area contributed by atoms with Gasteiger partial charge in [-0.15, -0.1) is 0 Å². The third-order valence-electron chi connectivity index (χ3n) is 6.73. The van der Waals surface area contributed by atoms with Crippen molar-refractivity contribution in [1.29, 1.82) is 0 Å². The molecule has 3 aromatic carbocycles. The normalized spacial score (nSPS) is 15.2. The topological polar surface area (TPSA) is 70.6 Å². The van der Waals surface area contributed by atoms with Gasteiger partial charge in [0.05, 0.1) is 16.8 Å². The zero-order valence-corrected chi connectivity index (χ0v) is 22.8. The standard InChI is InChI=1S/C27H24ClF2N3O3S2/c1-17-21(28)8-9-23-25(17)31-27(37-23)33(16-18-5-3-2-4-6-18)26(34)19-11-13-32(14-12-19)38(35,36)24-10-7-20(29)15-22(24)30/h2-10,15,19H,11-14,16H2,1H3. The molecule has 1 aromatic heterocycles. The maximum Gasteiger partial charge on any atom is 0.245 e. The van der Waals surface area contributed by atoms with E-state index in [0.717, 1.165) is 37.8 Å². The lowest BCUT2D eigenvalue weighted by molar-refractivity contribution is -0.123. The number of nitrogens with zero attached hydrogens (tertiary/aromatic N) is 3. The van der Waals surface area contributed by atoms with Crippen LogP contribution in [0.3, 0.4) is 0 Å². The lowest BCUT2D eigenvalue weighted by Crippen LogP contribution is -2.44. The first-order valence-electron chi connectivity index (χ1n) is 12.0. The van der Waals surface area contributed by atoms with Crippen LogP contribution in [0.2, 0.25) is 5.02 Å². The van der Waals surface area contributed by atoms with Gasteiger partial charge in [-0.05, 0) is 55.2 Å². The van der Waals surface area contributed by atoms with E-state index in [4.69, 9.17) is 16.6 Å². The highest BCUT2D eigenvalue weighted by Gasteiger charge is 2.36. The van der Waals surface area contributed by atoms with Crippen molar-refractivity contribution in [3.63, 3.8) is 0 Å². The molecular weight excluding hydrogens is 552 g/mol. The molecule has 0 atom stereocenters. The Morgan fingerprint density at radius 3 is 2.50 bits per heavy atom. The molecule has 1 aliphatic rings. The number of sulfonamides is 1. The van der Waals surface area contributed by atoms with Crippen molar-refractivity contribution in [3.8, 4) is 0 Å². The highest BCUT2D eigenvalue weighted by atomic mass is 35.5. The number of aromatic nitrogens is 1. The average Bonchev–Trinajstić information content (AvgIpc) is 3.34. The van der Waals surface area contributed by atoms with E-state index in [1.54, 1.807) is 4.90 Å². The quantitative estimate of drug-likeness (QED) is 0.276. The van der Waals surface area contributed by atoms with Gasteiger partial charge in [0.15, 0.2) is 5.13 Å². The Labute approximate surface area is 228 Å². The summed E-state index contributed by atoms with van der Waals surface area (Å²) in [5.74, 6) is -2.58. The Hall–Kier alpha value is -2.92. The number of carbonyl (C=O) groups is 1. The number of carbonyl (C=O) groups excluding carboxylic acids is 1. The van der Waals surface area contributed by atoms with Crippen LogP contribution < -0.4 is 4.90 Å². The number of aryl methyl sites for hydroxylation is 1.